The standard InChI is InChI=1S/C11H13FN4/c12-9-5-3-8(4-6-9)10(7-1-2-7)15-16-11(13)14/h3-7H,1-2H2,(H4,13,14,16)/b15-10+. The van der Waals surface area contributed by atoms with E-state index in [1.54, 1.807) is 12.1 Å². The van der Waals surface area contributed by atoms with E-state index < -0.39 is 0 Å². The third-order valence-electron chi connectivity index (χ3n) is 2.38. The lowest BCUT2D eigenvalue weighted by Crippen LogP contribution is -2.22. The molecule has 1 aromatic rings. The van der Waals surface area contributed by atoms with Crippen LogP contribution in [-0.4, -0.2) is 11.7 Å². The molecule has 4 nitrogen and oxygen atoms in total. The Morgan fingerprint density at radius 1 is 1.12 bits per heavy atom. The van der Waals surface area contributed by atoms with Crippen LogP contribution in [0.15, 0.2) is 34.5 Å². The Hall–Kier alpha value is -1.91. The monoisotopic (exact) mass is 220 g/mol. The Labute approximate surface area is 92.9 Å². The Balaban J connectivity index is 2.29. The highest BCUT2D eigenvalue weighted by molar-refractivity contribution is 6.03. The Morgan fingerprint density at radius 2 is 1.75 bits per heavy atom. The van der Waals surface area contributed by atoms with Gasteiger partial charge in [-0.2, -0.15) is 5.10 Å². The Morgan fingerprint density at radius 3 is 2.25 bits per heavy atom. The van der Waals surface area contributed by atoms with Gasteiger partial charge in [0.2, 0.25) is 5.96 Å². The molecule has 5 heteroatoms. The highest BCUT2D eigenvalue weighted by Crippen LogP contribution is 2.33. The number of nitrogens with two attached hydrogens (primary N) is 2. The molecular formula is C11H13FN4. The molecule has 0 radical (unpaired) electrons. The SMILES string of the molecule is NC(N)=N/N=C(/c1ccc(F)cc1)C1CC1. The van der Waals surface area contributed by atoms with E-state index in [4.69, 9.17) is 11.5 Å². The summed E-state index contributed by atoms with van der Waals surface area (Å²) < 4.78 is 12.8. The van der Waals surface area contributed by atoms with Gasteiger partial charge >= 0.3 is 0 Å². The minimum atomic E-state index is -0.263. The molecule has 84 valence electrons. The van der Waals surface area contributed by atoms with Crippen LogP contribution in [0.5, 0.6) is 0 Å². The maximum absolute atomic E-state index is 12.8. The quantitative estimate of drug-likeness (QED) is 0.456. The van der Waals surface area contributed by atoms with Gasteiger partial charge in [0, 0.05) is 5.92 Å². The maximum Gasteiger partial charge on any atom is 0.211 e. The van der Waals surface area contributed by atoms with E-state index >= 15 is 0 Å². The molecule has 0 amide bonds. The van der Waals surface area contributed by atoms with Gasteiger partial charge in [0.1, 0.15) is 5.82 Å². The molecular weight excluding hydrogens is 207 g/mol. The zero-order valence-electron chi connectivity index (χ0n) is 8.73. The lowest BCUT2D eigenvalue weighted by molar-refractivity contribution is 0.627. The highest BCUT2D eigenvalue weighted by atomic mass is 19.1. The molecule has 0 bridgehead atoms. The predicted molar refractivity (Wildman–Crippen MR) is 61.5 cm³/mol. The molecule has 0 spiro atoms. The first-order valence-electron chi connectivity index (χ1n) is 5.09. The normalized spacial score (nSPS) is 15.9. The number of hydrogen-bond acceptors (Lipinski definition) is 2. The maximum atomic E-state index is 12.8. The molecule has 16 heavy (non-hydrogen) atoms. The summed E-state index contributed by atoms with van der Waals surface area (Å²) in [5.74, 6) is 0.0644. The van der Waals surface area contributed by atoms with Crippen molar-refractivity contribution in [2.24, 2.45) is 27.6 Å². The van der Waals surface area contributed by atoms with E-state index in [-0.39, 0.29) is 11.8 Å². The molecule has 1 aliphatic carbocycles. The van der Waals surface area contributed by atoms with Crippen molar-refractivity contribution in [3.63, 3.8) is 0 Å². The fourth-order valence-corrected chi connectivity index (χ4v) is 1.46. The Bertz CT molecular complexity index is 428. The molecule has 4 N–H and O–H groups in total. The lowest BCUT2D eigenvalue weighted by Gasteiger charge is -2.02. The molecule has 0 atom stereocenters. The van der Waals surface area contributed by atoms with Gasteiger partial charge in [-0.25, -0.2) is 4.39 Å². The molecule has 0 aliphatic heterocycles. The van der Waals surface area contributed by atoms with Crippen LogP contribution in [0.2, 0.25) is 0 Å². The lowest BCUT2D eigenvalue weighted by atomic mass is 10.1. The second-order valence-corrected chi connectivity index (χ2v) is 3.79. The van der Waals surface area contributed by atoms with E-state index in [2.05, 4.69) is 10.2 Å². The van der Waals surface area contributed by atoms with Crippen LogP contribution >= 0.6 is 0 Å². The van der Waals surface area contributed by atoms with Crippen LogP contribution in [0.25, 0.3) is 0 Å². The largest absolute Gasteiger partial charge is 0.369 e. The number of nitrogens with zero attached hydrogens (tertiary/aromatic N) is 2. The minimum absolute atomic E-state index is 0.0692. The molecule has 0 aromatic heterocycles. The van der Waals surface area contributed by atoms with Crippen molar-refractivity contribution in [1.82, 2.24) is 0 Å². The highest BCUT2D eigenvalue weighted by Gasteiger charge is 2.28. The Kier molecular flexibility index (Phi) is 2.85. The molecule has 0 heterocycles. The fourth-order valence-electron chi connectivity index (χ4n) is 1.46. The molecule has 1 fully saturated rings. The van der Waals surface area contributed by atoms with E-state index in [1.807, 2.05) is 0 Å². The zero-order valence-corrected chi connectivity index (χ0v) is 8.73. The summed E-state index contributed by atoms with van der Waals surface area (Å²) in [4.78, 5) is 0. The van der Waals surface area contributed by atoms with Gasteiger partial charge in [-0.3, -0.25) is 0 Å². The molecule has 1 saturated carbocycles. The average Bonchev–Trinajstić information content (AvgIpc) is 3.04. The van der Waals surface area contributed by atoms with Gasteiger partial charge in [-0.15, -0.1) is 5.10 Å². The first-order chi connectivity index (χ1) is 7.66. The minimum Gasteiger partial charge on any atom is -0.369 e. The summed E-state index contributed by atoms with van der Waals surface area (Å²) in [5, 5.41) is 7.67. The fraction of sp³-hybridized carbons (Fsp3) is 0.273. The van der Waals surface area contributed by atoms with E-state index in [1.165, 1.54) is 12.1 Å². The number of halogens is 1. The van der Waals surface area contributed by atoms with Gasteiger partial charge < -0.3 is 11.5 Å². The molecule has 1 aromatic carbocycles. The third-order valence-corrected chi connectivity index (χ3v) is 2.38. The smallest absolute Gasteiger partial charge is 0.211 e. The van der Waals surface area contributed by atoms with Crippen LogP contribution in [0.3, 0.4) is 0 Å². The van der Waals surface area contributed by atoms with E-state index in [0.29, 0.717) is 5.92 Å². The predicted octanol–water partition coefficient (Wildman–Crippen LogP) is 1.21. The van der Waals surface area contributed by atoms with Gasteiger partial charge in [-0.1, -0.05) is 12.1 Å². The second kappa shape index (κ2) is 4.30. The average molecular weight is 220 g/mol. The molecule has 2 rings (SSSR count). The van der Waals surface area contributed by atoms with Crippen molar-refractivity contribution in [3.8, 4) is 0 Å². The van der Waals surface area contributed by atoms with E-state index in [9.17, 15) is 4.39 Å². The number of hydrogen-bond donors (Lipinski definition) is 2. The van der Waals surface area contributed by atoms with Crippen molar-refractivity contribution in [2.75, 3.05) is 0 Å². The second-order valence-electron chi connectivity index (χ2n) is 3.79. The van der Waals surface area contributed by atoms with Crippen LogP contribution in [0, 0.1) is 11.7 Å². The third kappa shape index (κ3) is 2.56. The topological polar surface area (TPSA) is 76.8 Å². The molecule has 1 aliphatic rings. The summed E-state index contributed by atoms with van der Waals surface area (Å²) in [7, 11) is 0. The van der Waals surface area contributed by atoms with Gasteiger partial charge in [0.25, 0.3) is 0 Å². The van der Waals surface area contributed by atoms with E-state index in [0.717, 1.165) is 24.1 Å². The summed E-state index contributed by atoms with van der Waals surface area (Å²) in [5.41, 5.74) is 12.1. The van der Waals surface area contributed by atoms with Gasteiger partial charge in [0.15, 0.2) is 0 Å². The van der Waals surface area contributed by atoms with Crippen LogP contribution < -0.4 is 11.5 Å². The van der Waals surface area contributed by atoms with Crippen molar-refractivity contribution < 1.29 is 4.39 Å². The van der Waals surface area contributed by atoms with Crippen LogP contribution in [0.4, 0.5) is 4.39 Å². The molecule has 0 unspecified atom stereocenters. The number of rotatable bonds is 3. The van der Waals surface area contributed by atoms with Crippen molar-refractivity contribution in [1.29, 1.82) is 0 Å². The van der Waals surface area contributed by atoms with Crippen molar-refractivity contribution in [2.45, 2.75) is 12.8 Å². The number of benzene rings is 1. The molecule has 0 saturated heterocycles. The first-order valence-corrected chi connectivity index (χ1v) is 5.09. The summed E-state index contributed by atoms with van der Waals surface area (Å²) >= 11 is 0. The summed E-state index contributed by atoms with van der Waals surface area (Å²) in [6.07, 6.45) is 2.16. The van der Waals surface area contributed by atoms with Gasteiger partial charge in [-0.05, 0) is 30.5 Å². The van der Waals surface area contributed by atoms with Crippen molar-refractivity contribution in [3.05, 3.63) is 35.6 Å². The first kappa shape index (κ1) is 10.6. The summed E-state index contributed by atoms with van der Waals surface area (Å²) in [6.45, 7) is 0. The van der Waals surface area contributed by atoms with Crippen LogP contribution in [-0.2, 0) is 0 Å². The number of guanidine groups is 1. The van der Waals surface area contributed by atoms with Gasteiger partial charge in [0.05, 0.1) is 5.71 Å². The van der Waals surface area contributed by atoms with Crippen molar-refractivity contribution >= 4 is 11.7 Å². The zero-order chi connectivity index (χ0) is 11.5. The van der Waals surface area contributed by atoms with Crippen LogP contribution in [0.1, 0.15) is 18.4 Å². The summed E-state index contributed by atoms with van der Waals surface area (Å²) in [6, 6.07) is 6.19.